The van der Waals surface area contributed by atoms with Crippen molar-refractivity contribution in [3.63, 3.8) is 0 Å². The number of carbonyl (C=O) groups excluding carboxylic acids is 1. The van der Waals surface area contributed by atoms with Crippen LogP contribution in [0.3, 0.4) is 0 Å². The van der Waals surface area contributed by atoms with Crippen LogP contribution in [0, 0.1) is 0 Å². The molecule has 0 radical (unpaired) electrons. The zero-order valence-electron chi connectivity index (χ0n) is 17.8. The van der Waals surface area contributed by atoms with E-state index in [2.05, 4.69) is 12.2 Å². The summed E-state index contributed by atoms with van der Waals surface area (Å²) in [4.78, 5) is 14.7. The SMILES string of the molecule is CCCCN(Cc1ccc(OCc2ccccc2)cc1)C(=O)Nc1ccc(C=S)cc1. The zero-order valence-corrected chi connectivity index (χ0v) is 18.6. The molecule has 5 heteroatoms. The molecular formula is C26H28N2O2S. The first kappa shape index (κ1) is 22.5. The fourth-order valence-corrected chi connectivity index (χ4v) is 3.26. The summed E-state index contributed by atoms with van der Waals surface area (Å²) in [5, 5.41) is 4.60. The summed E-state index contributed by atoms with van der Waals surface area (Å²) in [7, 11) is 0. The molecule has 3 aromatic rings. The van der Waals surface area contributed by atoms with Crippen molar-refractivity contribution in [1.29, 1.82) is 0 Å². The Morgan fingerprint density at radius 2 is 1.68 bits per heavy atom. The molecule has 0 atom stereocenters. The van der Waals surface area contributed by atoms with Crippen molar-refractivity contribution in [1.82, 2.24) is 4.90 Å². The van der Waals surface area contributed by atoms with Crippen LogP contribution in [0.5, 0.6) is 5.75 Å². The van der Waals surface area contributed by atoms with Gasteiger partial charge < -0.3 is 15.0 Å². The number of nitrogens with zero attached hydrogens (tertiary/aromatic N) is 1. The summed E-state index contributed by atoms with van der Waals surface area (Å²) in [5.41, 5.74) is 3.91. The second kappa shape index (κ2) is 11.9. The van der Waals surface area contributed by atoms with E-state index in [1.54, 1.807) is 5.37 Å². The maximum Gasteiger partial charge on any atom is 0.322 e. The van der Waals surface area contributed by atoms with E-state index in [1.807, 2.05) is 83.8 Å². The van der Waals surface area contributed by atoms with Crippen LogP contribution < -0.4 is 10.1 Å². The lowest BCUT2D eigenvalue weighted by Gasteiger charge is -2.23. The van der Waals surface area contributed by atoms with Gasteiger partial charge in [-0.3, -0.25) is 0 Å². The number of carbonyl (C=O) groups is 1. The molecule has 0 aliphatic heterocycles. The van der Waals surface area contributed by atoms with E-state index in [-0.39, 0.29) is 6.03 Å². The first-order valence-corrected chi connectivity index (χ1v) is 11.0. The predicted octanol–water partition coefficient (Wildman–Crippen LogP) is 6.45. The van der Waals surface area contributed by atoms with Crippen molar-refractivity contribution in [3.8, 4) is 5.75 Å². The Hall–Kier alpha value is -3.18. The van der Waals surface area contributed by atoms with Gasteiger partial charge in [-0.15, -0.1) is 0 Å². The van der Waals surface area contributed by atoms with E-state index in [4.69, 9.17) is 17.0 Å². The second-order valence-corrected chi connectivity index (χ2v) is 7.60. The Labute approximate surface area is 189 Å². The van der Waals surface area contributed by atoms with Gasteiger partial charge in [0.2, 0.25) is 0 Å². The normalized spacial score (nSPS) is 10.4. The average molecular weight is 433 g/mol. The number of nitrogens with one attached hydrogen (secondary N) is 1. The number of hydrogen-bond donors (Lipinski definition) is 1. The van der Waals surface area contributed by atoms with Gasteiger partial charge >= 0.3 is 6.03 Å². The summed E-state index contributed by atoms with van der Waals surface area (Å²) in [5.74, 6) is 0.816. The van der Waals surface area contributed by atoms with Gasteiger partial charge in [-0.1, -0.05) is 80.2 Å². The number of unbranched alkanes of at least 4 members (excludes halogenated alkanes) is 1. The number of anilines is 1. The lowest BCUT2D eigenvalue weighted by atomic mass is 10.2. The van der Waals surface area contributed by atoms with Crippen LogP contribution in [0.15, 0.2) is 78.9 Å². The van der Waals surface area contributed by atoms with Crippen LogP contribution in [0.25, 0.3) is 0 Å². The van der Waals surface area contributed by atoms with E-state index in [0.717, 1.165) is 41.0 Å². The summed E-state index contributed by atoms with van der Waals surface area (Å²) in [6, 6.07) is 25.5. The van der Waals surface area contributed by atoms with Crippen LogP contribution in [-0.4, -0.2) is 22.8 Å². The summed E-state index contributed by atoms with van der Waals surface area (Å²) >= 11 is 4.93. The molecular weight excluding hydrogens is 404 g/mol. The van der Waals surface area contributed by atoms with Gasteiger partial charge in [-0.2, -0.15) is 0 Å². The Morgan fingerprint density at radius 3 is 2.32 bits per heavy atom. The predicted molar refractivity (Wildman–Crippen MR) is 131 cm³/mol. The number of benzene rings is 3. The molecule has 0 fully saturated rings. The van der Waals surface area contributed by atoms with Gasteiger partial charge in [0.1, 0.15) is 12.4 Å². The summed E-state index contributed by atoms with van der Waals surface area (Å²) in [6.07, 6.45) is 1.98. The van der Waals surface area contributed by atoms with Crippen molar-refractivity contribution in [2.45, 2.75) is 32.9 Å². The maximum atomic E-state index is 12.9. The third-order valence-electron chi connectivity index (χ3n) is 4.91. The number of thiocarbonyl (C=S) groups is 1. The molecule has 0 aliphatic rings. The van der Waals surface area contributed by atoms with Crippen molar-refractivity contribution >= 4 is 29.3 Å². The molecule has 4 nitrogen and oxygen atoms in total. The third kappa shape index (κ3) is 7.23. The van der Waals surface area contributed by atoms with Crippen molar-refractivity contribution in [2.75, 3.05) is 11.9 Å². The number of ether oxygens (including phenoxy) is 1. The molecule has 0 saturated heterocycles. The molecule has 1 N–H and O–H groups in total. The summed E-state index contributed by atoms with van der Waals surface area (Å²) in [6.45, 7) is 3.90. The second-order valence-electron chi connectivity index (χ2n) is 7.36. The van der Waals surface area contributed by atoms with E-state index >= 15 is 0 Å². The van der Waals surface area contributed by atoms with E-state index in [0.29, 0.717) is 19.7 Å². The number of amides is 2. The van der Waals surface area contributed by atoms with Gasteiger partial charge in [0, 0.05) is 24.1 Å². The topological polar surface area (TPSA) is 41.6 Å². The Balaban J connectivity index is 1.59. The van der Waals surface area contributed by atoms with Gasteiger partial charge in [-0.25, -0.2) is 4.79 Å². The van der Waals surface area contributed by atoms with Crippen molar-refractivity contribution in [3.05, 3.63) is 95.6 Å². The van der Waals surface area contributed by atoms with E-state index < -0.39 is 0 Å². The Bertz CT molecular complexity index is 957. The van der Waals surface area contributed by atoms with E-state index in [1.165, 1.54) is 0 Å². The molecule has 0 saturated carbocycles. The van der Waals surface area contributed by atoms with Crippen molar-refractivity contribution in [2.24, 2.45) is 0 Å². The van der Waals surface area contributed by atoms with Gasteiger partial charge in [0.25, 0.3) is 0 Å². The molecule has 3 aromatic carbocycles. The standard InChI is InChI=1S/C26H28N2O2S/c1-2-3-17-28(26(29)27-24-13-9-23(20-31)10-14-24)18-21-11-15-25(16-12-21)30-19-22-7-5-4-6-8-22/h4-16,20H,2-3,17-19H2,1H3,(H,27,29). The minimum Gasteiger partial charge on any atom is -0.489 e. The Kier molecular flexibility index (Phi) is 8.61. The maximum absolute atomic E-state index is 12.9. The molecule has 0 bridgehead atoms. The Morgan fingerprint density at radius 1 is 0.968 bits per heavy atom. The highest BCUT2D eigenvalue weighted by Crippen LogP contribution is 2.17. The zero-order chi connectivity index (χ0) is 21.9. The molecule has 31 heavy (non-hydrogen) atoms. The molecule has 2 amide bonds. The van der Waals surface area contributed by atoms with Gasteiger partial charge in [0.15, 0.2) is 0 Å². The fraction of sp³-hybridized carbons (Fsp3) is 0.231. The lowest BCUT2D eigenvalue weighted by Crippen LogP contribution is -2.35. The minimum atomic E-state index is -0.104. The molecule has 3 rings (SSSR count). The quantitative estimate of drug-likeness (QED) is 0.374. The molecule has 160 valence electrons. The largest absolute Gasteiger partial charge is 0.489 e. The molecule has 0 aromatic heterocycles. The van der Waals surface area contributed by atoms with Crippen LogP contribution in [0.2, 0.25) is 0 Å². The van der Waals surface area contributed by atoms with Crippen molar-refractivity contribution < 1.29 is 9.53 Å². The highest BCUT2D eigenvalue weighted by atomic mass is 32.1. The van der Waals surface area contributed by atoms with Crippen LogP contribution in [0.4, 0.5) is 10.5 Å². The minimum absolute atomic E-state index is 0.104. The number of urea groups is 1. The lowest BCUT2D eigenvalue weighted by molar-refractivity contribution is 0.208. The first-order valence-electron chi connectivity index (χ1n) is 10.5. The summed E-state index contributed by atoms with van der Waals surface area (Å²) < 4.78 is 5.86. The van der Waals surface area contributed by atoms with E-state index in [9.17, 15) is 4.79 Å². The van der Waals surface area contributed by atoms with Gasteiger partial charge in [-0.05, 0) is 47.4 Å². The molecule has 0 aliphatic carbocycles. The highest BCUT2D eigenvalue weighted by Gasteiger charge is 2.14. The smallest absolute Gasteiger partial charge is 0.322 e. The van der Waals surface area contributed by atoms with Crippen LogP contribution in [-0.2, 0) is 13.2 Å². The number of rotatable bonds is 10. The highest BCUT2D eigenvalue weighted by molar-refractivity contribution is 7.79. The van der Waals surface area contributed by atoms with Crippen LogP contribution >= 0.6 is 12.2 Å². The molecule has 0 heterocycles. The number of hydrogen-bond acceptors (Lipinski definition) is 3. The average Bonchev–Trinajstić information content (AvgIpc) is 2.82. The van der Waals surface area contributed by atoms with Gasteiger partial charge in [0.05, 0.1) is 0 Å². The molecule has 0 unspecified atom stereocenters. The van der Waals surface area contributed by atoms with Crippen LogP contribution in [0.1, 0.15) is 36.5 Å². The molecule has 0 spiro atoms. The first-order chi connectivity index (χ1) is 15.2. The third-order valence-corrected chi connectivity index (χ3v) is 5.18. The fourth-order valence-electron chi connectivity index (χ4n) is 3.10. The monoisotopic (exact) mass is 432 g/mol.